The molecular formula is C7H17NO2. The zero-order valence-corrected chi connectivity index (χ0v) is 6.60. The number of nitrogens with one attached hydrogen (secondary N) is 1. The van der Waals surface area contributed by atoms with Crippen LogP contribution in [-0.4, -0.2) is 25.0 Å². The Labute approximate surface area is 62.3 Å². The number of hydroxylamine groups is 1. The molecule has 0 rings (SSSR count). The molecule has 0 aromatic rings. The molecule has 0 aromatic heterocycles. The monoisotopic (exact) mass is 147 g/mol. The lowest BCUT2D eigenvalue weighted by Crippen LogP contribution is -2.11. The highest BCUT2D eigenvalue weighted by atomic mass is 16.5. The number of rotatable bonds is 7. The molecule has 0 spiro atoms. The van der Waals surface area contributed by atoms with E-state index in [0.717, 1.165) is 26.1 Å². The molecule has 2 N–H and O–H groups in total. The maximum absolute atomic E-state index is 8.16. The molecule has 0 heterocycles. The van der Waals surface area contributed by atoms with Gasteiger partial charge in [0.05, 0.1) is 0 Å². The highest BCUT2D eigenvalue weighted by Gasteiger charge is 1.86. The summed E-state index contributed by atoms with van der Waals surface area (Å²) < 4.78 is 5.22. The first-order chi connectivity index (χ1) is 4.91. The summed E-state index contributed by atoms with van der Waals surface area (Å²) in [5.74, 6) is 0. The maximum atomic E-state index is 8.16. The molecule has 0 saturated carbocycles. The van der Waals surface area contributed by atoms with Crippen molar-refractivity contribution in [3.63, 3.8) is 0 Å². The smallest absolute Gasteiger partial charge is 0.0479 e. The van der Waals surface area contributed by atoms with Crippen molar-refractivity contribution in [3.8, 4) is 0 Å². The van der Waals surface area contributed by atoms with Gasteiger partial charge < -0.3 is 9.94 Å². The molecule has 0 aromatic carbocycles. The first-order valence-electron chi connectivity index (χ1n) is 3.86. The summed E-state index contributed by atoms with van der Waals surface area (Å²) >= 11 is 0. The number of hydrogen-bond acceptors (Lipinski definition) is 3. The van der Waals surface area contributed by atoms with E-state index in [2.05, 4.69) is 12.4 Å². The number of unbranched alkanes of at least 4 members (excludes halogenated alkanes) is 1. The normalized spacial score (nSPS) is 10.2. The standard InChI is InChI=1S/C7H17NO2/c1-2-3-6-10-7-4-5-8-9/h8-9H,2-7H2,1H3. The molecule has 0 aliphatic heterocycles. The van der Waals surface area contributed by atoms with Gasteiger partial charge in [-0.05, 0) is 12.8 Å². The average Bonchev–Trinajstić information content (AvgIpc) is 1.97. The predicted octanol–water partition coefficient (Wildman–Crippen LogP) is 1.17. The minimum atomic E-state index is 0.617. The molecule has 0 radical (unpaired) electrons. The Morgan fingerprint density at radius 2 is 2.00 bits per heavy atom. The van der Waals surface area contributed by atoms with Crippen LogP contribution in [0.1, 0.15) is 26.2 Å². The topological polar surface area (TPSA) is 41.5 Å². The molecule has 0 fully saturated rings. The summed E-state index contributed by atoms with van der Waals surface area (Å²) in [4.78, 5) is 0. The van der Waals surface area contributed by atoms with Gasteiger partial charge in [-0.15, -0.1) is 0 Å². The van der Waals surface area contributed by atoms with Crippen LogP contribution in [0.4, 0.5) is 0 Å². The van der Waals surface area contributed by atoms with Gasteiger partial charge in [-0.1, -0.05) is 13.3 Å². The van der Waals surface area contributed by atoms with Crippen LogP contribution in [0.25, 0.3) is 0 Å². The van der Waals surface area contributed by atoms with Gasteiger partial charge in [0.15, 0.2) is 0 Å². The Hall–Kier alpha value is -0.120. The zero-order valence-electron chi connectivity index (χ0n) is 6.60. The highest BCUT2D eigenvalue weighted by molar-refractivity contribution is 4.37. The lowest BCUT2D eigenvalue weighted by Gasteiger charge is -2.01. The third-order valence-electron chi connectivity index (χ3n) is 1.22. The van der Waals surface area contributed by atoms with Crippen molar-refractivity contribution in [1.29, 1.82) is 0 Å². The summed E-state index contributed by atoms with van der Waals surface area (Å²) in [5, 5.41) is 8.16. The third-order valence-corrected chi connectivity index (χ3v) is 1.22. The Bertz CT molecular complexity index is 51.6. The maximum Gasteiger partial charge on any atom is 0.0479 e. The van der Waals surface area contributed by atoms with Crippen LogP contribution in [-0.2, 0) is 4.74 Å². The SMILES string of the molecule is CCCCOCCCNO. The highest BCUT2D eigenvalue weighted by Crippen LogP contribution is 1.88. The van der Waals surface area contributed by atoms with Crippen LogP contribution >= 0.6 is 0 Å². The lowest BCUT2D eigenvalue weighted by atomic mass is 10.4. The van der Waals surface area contributed by atoms with Gasteiger partial charge in [-0.25, -0.2) is 5.48 Å². The minimum Gasteiger partial charge on any atom is -0.381 e. The Kier molecular flexibility index (Phi) is 8.77. The summed E-state index contributed by atoms with van der Waals surface area (Å²) in [6.45, 7) is 4.35. The van der Waals surface area contributed by atoms with Crippen molar-refractivity contribution in [1.82, 2.24) is 5.48 Å². The van der Waals surface area contributed by atoms with E-state index >= 15 is 0 Å². The molecular weight excluding hydrogens is 130 g/mol. The molecule has 0 saturated heterocycles. The van der Waals surface area contributed by atoms with Gasteiger partial charge in [0.25, 0.3) is 0 Å². The van der Waals surface area contributed by atoms with E-state index < -0.39 is 0 Å². The minimum absolute atomic E-state index is 0.617. The molecule has 0 aliphatic carbocycles. The quantitative estimate of drug-likeness (QED) is 0.419. The van der Waals surface area contributed by atoms with E-state index in [4.69, 9.17) is 9.94 Å². The van der Waals surface area contributed by atoms with Gasteiger partial charge in [-0.2, -0.15) is 0 Å². The predicted molar refractivity (Wildman–Crippen MR) is 40.1 cm³/mol. The van der Waals surface area contributed by atoms with Crippen molar-refractivity contribution in [2.45, 2.75) is 26.2 Å². The molecule has 10 heavy (non-hydrogen) atoms. The molecule has 3 heteroatoms. The summed E-state index contributed by atoms with van der Waals surface area (Å²) in [6.07, 6.45) is 3.19. The van der Waals surface area contributed by atoms with E-state index in [1.54, 1.807) is 0 Å². The van der Waals surface area contributed by atoms with E-state index in [-0.39, 0.29) is 0 Å². The second kappa shape index (κ2) is 8.88. The largest absolute Gasteiger partial charge is 0.381 e. The van der Waals surface area contributed by atoms with E-state index in [1.807, 2.05) is 0 Å². The first kappa shape index (κ1) is 9.88. The Morgan fingerprint density at radius 3 is 2.60 bits per heavy atom. The summed E-state index contributed by atoms with van der Waals surface area (Å²) in [6, 6.07) is 0. The second-order valence-electron chi connectivity index (χ2n) is 2.23. The molecule has 0 bridgehead atoms. The van der Waals surface area contributed by atoms with Crippen LogP contribution in [0.2, 0.25) is 0 Å². The third kappa shape index (κ3) is 7.88. The van der Waals surface area contributed by atoms with Gasteiger partial charge in [0, 0.05) is 19.8 Å². The van der Waals surface area contributed by atoms with E-state index in [9.17, 15) is 0 Å². The molecule has 0 unspecified atom stereocenters. The molecule has 0 amide bonds. The van der Waals surface area contributed by atoms with E-state index in [0.29, 0.717) is 6.54 Å². The van der Waals surface area contributed by atoms with Crippen molar-refractivity contribution < 1.29 is 9.94 Å². The van der Waals surface area contributed by atoms with Crippen LogP contribution in [0.5, 0.6) is 0 Å². The van der Waals surface area contributed by atoms with E-state index in [1.165, 1.54) is 6.42 Å². The van der Waals surface area contributed by atoms with Gasteiger partial charge in [0.1, 0.15) is 0 Å². The second-order valence-corrected chi connectivity index (χ2v) is 2.23. The number of hydrogen-bond donors (Lipinski definition) is 2. The van der Waals surface area contributed by atoms with Crippen molar-refractivity contribution in [3.05, 3.63) is 0 Å². The van der Waals surface area contributed by atoms with Crippen LogP contribution in [0, 0.1) is 0 Å². The van der Waals surface area contributed by atoms with Gasteiger partial charge >= 0.3 is 0 Å². The number of ether oxygens (including phenoxy) is 1. The zero-order chi connectivity index (χ0) is 7.66. The van der Waals surface area contributed by atoms with Crippen molar-refractivity contribution in [2.75, 3.05) is 19.8 Å². The van der Waals surface area contributed by atoms with Crippen LogP contribution in [0.15, 0.2) is 0 Å². The molecule has 0 aliphatic rings. The van der Waals surface area contributed by atoms with Gasteiger partial charge in [0.2, 0.25) is 0 Å². The summed E-state index contributed by atoms with van der Waals surface area (Å²) in [7, 11) is 0. The van der Waals surface area contributed by atoms with Crippen LogP contribution < -0.4 is 5.48 Å². The first-order valence-corrected chi connectivity index (χ1v) is 3.86. The van der Waals surface area contributed by atoms with Crippen molar-refractivity contribution in [2.24, 2.45) is 0 Å². The fourth-order valence-corrected chi connectivity index (χ4v) is 0.602. The van der Waals surface area contributed by atoms with Crippen LogP contribution in [0.3, 0.4) is 0 Å². The molecule has 0 atom stereocenters. The lowest BCUT2D eigenvalue weighted by molar-refractivity contribution is 0.109. The molecule has 3 nitrogen and oxygen atoms in total. The molecule has 62 valence electrons. The Morgan fingerprint density at radius 1 is 1.30 bits per heavy atom. The summed E-state index contributed by atoms with van der Waals surface area (Å²) in [5.41, 5.74) is 2.08. The van der Waals surface area contributed by atoms with Crippen molar-refractivity contribution >= 4 is 0 Å². The fraction of sp³-hybridized carbons (Fsp3) is 1.00. The fourth-order valence-electron chi connectivity index (χ4n) is 0.602. The van der Waals surface area contributed by atoms with Gasteiger partial charge in [-0.3, -0.25) is 0 Å². The average molecular weight is 147 g/mol. The Balaban J connectivity index is 2.65.